The van der Waals surface area contributed by atoms with E-state index < -0.39 is 0 Å². The fourth-order valence-electron chi connectivity index (χ4n) is 2.57. The predicted octanol–water partition coefficient (Wildman–Crippen LogP) is 2.85. The Morgan fingerprint density at radius 3 is 2.55 bits per heavy atom. The normalized spacial score (nSPS) is 15.9. The van der Waals surface area contributed by atoms with E-state index in [1.807, 2.05) is 14.0 Å². The van der Waals surface area contributed by atoms with Crippen molar-refractivity contribution in [3.8, 4) is 17.9 Å². The zero-order valence-electron chi connectivity index (χ0n) is 13.4. The standard InChI is InChI=1S/C19H23N3/c1-4-5-6-7-16-8-10-17(11-9-16)15(2)22-18(14-20)19(21-3)12-13-19/h8-11,18,21-22H,2,6-7,12-13H2,1,3H3. The van der Waals surface area contributed by atoms with Gasteiger partial charge in [-0.05, 0) is 44.4 Å². The summed E-state index contributed by atoms with van der Waals surface area (Å²) in [6, 6.07) is 10.4. The third-order valence-corrected chi connectivity index (χ3v) is 4.30. The Morgan fingerprint density at radius 1 is 1.36 bits per heavy atom. The molecule has 2 N–H and O–H groups in total. The molecule has 1 aliphatic rings. The summed E-state index contributed by atoms with van der Waals surface area (Å²) in [7, 11) is 1.91. The maximum atomic E-state index is 9.39. The van der Waals surface area contributed by atoms with E-state index in [0.717, 1.165) is 36.9 Å². The summed E-state index contributed by atoms with van der Waals surface area (Å²) in [6.07, 6.45) is 3.90. The van der Waals surface area contributed by atoms with Crippen LogP contribution in [0.5, 0.6) is 0 Å². The van der Waals surface area contributed by atoms with Crippen LogP contribution in [0, 0.1) is 23.2 Å². The Bertz CT molecular complexity index is 621. The van der Waals surface area contributed by atoms with E-state index in [4.69, 9.17) is 0 Å². The topological polar surface area (TPSA) is 47.9 Å². The predicted molar refractivity (Wildman–Crippen MR) is 90.8 cm³/mol. The van der Waals surface area contributed by atoms with Gasteiger partial charge in [0, 0.05) is 12.1 Å². The van der Waals surface area contributed by atoms with Crippen molar-refractivity contribution in [2.45, 2.75) is 44.2 Å². The average molecular weight is 293 g/mol. The van der Waals surface area contributed by atoms with E-state index in [9.17, 15) is 5.26 Å². The highest BCUT2D eigenvalue weighted by Crippen LogP contribution is 2.38. The first kappa shape index (κ1) is 16.1. The van der Waals surface area contributed by atoms with E-state index in [2.05, 4.69) is 59.4 Å². The SMILES string of the molecule is C=C(NC(C#N)C1(NC)CC1)c1ccc(CCC#CC)cc1. The summed E-state index contributed by atoms with van der Waals surface area (Å²) in [6.45, 7) is 5.94. The molecular formula is C19H23N3. The second-order valence-corrected chi connectivity index (χ2v) is 5.71. The zero-order chi connectivity index (χ0) is 16.0. The Labute approximate surface area is 133 Å². The molecule has 1 aromatic rings. The first-order valence-electron chi connectivity index (χ1n) is 7.68. The van der Waals surface area contributed by atoms with Gasteiger partial charge in [0.1, 0.15) is 6.04 Å². The highest BCUT2D eigenvalue weighted by Gasteiger charge is 2.48. The van der Waals surface area contributed by atoms with Crippen molar-refractivity contribution < 1.29 is 0 Å². The largest absolute Gasteiger partial charge is 0.368 e. The molecule has 0 aromatic heterocycles. The molecule has 0 amide bonds. The van der Waals surface area contributed by atoms with Crippen LogP contribution in [0.2, 0.25) is 0 Å². The summed E-state index contributed by atoms with van der Waals surface area (Å²) in [5, 5.41) is 15.9. The van der Waals surface area contributed by atoms with Crippen molar-refractivity contribution in [1.82, 2.24) is 10.6 Å². The maximum absolute atomic E-state index is 9.39. The van der Waals surface area contributed by atoms with Gasteiger partial charge in [0.2, 0.25) is 0 Å². The molecule has 3 heteroatoms. The highest BCUT2D eigenvalue weighted by molar-refractivity contribution is 5.62. The highest BCUT2D eigenvalue weighted by atomic mass is 15.1. The van der Waals surface area contributed by atoms with Gasteiger partial charge in [-0.15, -0.1) is 11.8 Å². The third kappa shape index (κ3) is 3.70. The van der Waals surface area contributed by atoms with Crippen LogP contribution >= 0.6 is 0 Å². The summed E-state index contributed by atoms with van der Waals surface area (Å²) in [5.74, 6) is 5.99. The number of rotatable bonds is 7. The van der Waals surface area contributed by atoms with Crippen molar-refractivity contribution in [2.24, 2.45) is 0 Å². The van der Waals surface area contributed by atoms with Crippen LogP contribution in [-0.4, -0.2) is 18.6 Å². The quantitative estimate of drug-likeness (QED) is 0.760. The van der Waals surface area contributed by atoms with Crippen LogP contribution in [0.1, 0.15) is 37.3 Å². The number of hydrogen-bond acceptors (Lipinski definition) is 3. The number of nitriles is 1. The van der Waals surface area contributed by atoms with E-state index in [1.165, 1.54) is 5.56 Å². The number of aryl methyl sites for hydroxylation is 1. The van der Waals surface area contributed by atoms with Gasteiger partial charge in [0.15, 0.2) is 0 Å². The lowest BCUT2D eigenvalue weighted by Crippen LogP contribution is -2.47. The van der Waals surface area contributed by atoms with Crippen molar-refractivity contribution in [3.05, 3.63) is 42.0 Å². The van der Waals surface area contributed by atoms with Crippen molar-refractivity contribution in [1.29, 1.82) is 5.26 Å². The molecule has 0 heterocycles. The van der Waals surface area contributed by atoms with Crippen LogP contribution < -0.4 is 10.6 Å². The van der Waals surface area contributed by atoms with Crippen LogP contribution in [0.25, 0.3) is 5.70 Å². The maximum Gasteiger partial charge on any atom is 0.132 e. The van der Waals surface area contributed by atoms with Gasteiger partial charge in [-0.1, -0.05) is 30.8 Å². The molecule has 1 saturated carbocycles. The summed E-state index contributed by atoms with van der Waals surface area (Å²) < 4.78 is 0. The zero-order valence-corrected chi connectivity index (χ0v) is 13.4. The molecule has 22 heavy (non-hydrogen) atoms. The van der Waals surface area contributed by atoms with Crippen LogP contribution in [-0.2, 0) is 6.42 Å². The van der Waals surface area contributed by atoms with E-state index in [0.29, 0.717) is 0 Å². The molecule has 1 aromatic carbocycles. The molecular weight excluding hydrogens is 270 g/mol. The number of nitrogens with one attached hydrogen (secondary N) is 2. The molecule has 0 bridgehead atoms. The summed E-state index contributed by atoms with van der Waals surface area (Å²) >= 11 is 0. The summed E-state index contributed by atoms with van der Waals surface area (Å²) in [4.78, 5) is 0. The number of nitrogens with zero attached hydrogens (tertiary/aromatic N) is 1. The minimum Gasteiger partial charge on any atom is -0.368 e. The first-order chi connectivity index (χ1) is 10.6. The Kier molecular flexibility index (Phi) is 5.26. The molecule has 1 atom stereocenters. The van der Waals surface area contributed by atoms with Crippen molar-refractivity contribution in [3.63, 3.8) is 0 Å². The molecule has 0 radical (unpaired) electrons. The average Bonchev–Trinajstić information content (AvgIpc) is 3.34. The van der Waals surface area contributed by atoms with Gasteiger partial charge < -0.3 is 10.6 Å². The van der Waals surface area contributed by atoms with Crippen molar-refractivity contribution >= 4 is 5.70 Å². The minimum absolute atomic E-state index is 0.0869. The van der Waals surface area contributed by atoms with Gasteiger partial charge in [-0.3, -0.25) is 0 Å². The fourth-order valence-corrected chi connectivity index (χ4v) is 2.57. The molecule has 0 spiro atoms. The van der Waals surface area contributed by atoms with E-state index in [-0.39, 0.29) is 11.6 Å². The molecule has 1 unspecified atom stereocenters. The van der Waals surface area contributed by atoms with Crippen LogP contribution in [0.3, 0.4) is 0 Å². The molecule has 0 saturated heterocycles. The fraction of sp³-hybridized carbons (Fsp3) is 0.421. The monoisotopic (exact) mass is 293 g/mol. The van der Waals surface area contributed by atoms with Gasteiger partial charge >= 0.3 is 0 Å². The molecule has 0 aliphatic heterocycles. The molecule has 114 valence electrons. The lowest BCUT2D eigenvalue weighted by molar-refractivity contribution is 0.470. The summed E-state index contributed by atoms with van der Waals surface area (Å²) in [5.41, 5.74) is 3.01. The first-order valence-corrected chi connectivity index (χ1v) is 7.68. The molecule has 2 rings (SSSR count). The number of benzene rings is 1. The lowest BCUT2D eigenvalue weighted by atomic mass is 10.0. The molecule has 3 nitrogen and oxygen atoms in total. The van der Waals surface area contributed by atoms with Gasteiger partial charge in [0.25, 0.3) is 0 Å². The van der Waals surface area contributed by atoms with Gasteiger partial charge in [-0.2, -0.15) is 5.26 Å². The van der Waals surface area contributed by atoms with Crippen molar-refractivity contribution in [2.75, 3.05) is 7.05 Å². The Balaban J connectivity index is 1.97. The smallest absolute Gasteiger partial charge is 0.132 e. The molecule has 1 fully saturated rings. The Morgan fingerprint density at radius 2 is 2.05 bits per heavy atom. The van der Waals surface area contributed by atoms with E-state index in [1.54, 1.807) is 0 Å². The van der Waals surface area contributed by atoms with E-state index >= 15 is 0 Å². The van der Waals surface area contributed by atoms with Gasteiger partial charge in [0.05, 0.1) is 11.6 Å². The van der Waals surface area contributed by atoms with Crippen LogP contribution in [0.4, 0.5) is 0 Å². The molecule has 1 aliphatic carbocycles. The lowest BCUT2D eigenvalue weighted by Gasteiger charge is -2.23. The number of likely N-dealkylation sites (N-methyl/N-ethyl adjacent to an activating group) is 1. The third-order valence-electron chi connectivity index (χ3n) is 4.30. The Hall–Kier alpha value is -2.23. The van der Waals surface area contributed by atoms with Crippen LogP contribution in [0.15, 0.2) is 30.8 Å². The second kappa shape index (κ2) is 7.16. The second-order valence-electron chi connectivity index (χ2n) is 5.71. The number of hydrogen-bond donors (Lipinski definition) is 2. The minimum atomic E-state index is -0.246. The van der Waals surface area contributed by atoms with Gasteiger partial charge in [-0.25, -0.2) is 0 Å².